The van der Waals surface area contributed by atoms with Crippen LogP contribution >= 0.6 is 0 Å². The van der Waals surface area contributed by atoms with E-state index < -0.39 is 0 Å². The number of benzene rings is 2. The predicted molar refractivity (Wildman–Crippen MR) is 149 cm³/mol. The van der Waals surface area contributed by atoms with Crippen molar-refractivity contribution < 1.29 is 23.3 Å². The van der Waals surface area contributed by atoms with Crippen LogP contribution in [0.4, 0.5) is 0 Å². The van der Waals surface area contributed by atoms with Gasteiger partial charge in [0.2, 0.25) is 0 Å². The Hall–Kier alpha value is -1.37. The molecule has 1 atom stereocenters. The Morgan fingerprint density at radius 2 is 1.50 bits per heavy atom. The van der Waals surface area contributed by atoms with Gasteiger partial charge in [-0.05, 0) is 18.3 Å². The van der Waals surface area contributed by atoms with Gasteiger partial charge in [0, 0.05) is 0 Å². The number of hydrogen-bond donors (Lipinski definition) is 0. The third-order valence-electron chi connectivity index (χ3n) is 7.04. The summed E-state index contributed by atoms with van der Waals surface area (Å²) in [5.41, 5.74) is 11.9. The van der Waals surface area contributed by atoms with Crippen molar-refractivity contribution in [1.82, 2.24) is 0 Å². The average molecular weight is 544 g/mol. The monoisotopic (exact) mass is 542 g/mol. The van der Waals surface area contributed by atoms with Gasteiger partial charge in [-0.3, -0.25) is 6.08 Å². The van der Waals surface area contributed by atoms with Crippen LogP contribution in [0.3, 0.4) is 0 Å². The summed E-state index contributed by atoms with van der Waals surface area (Å²) in [7, 11) is 0. The van der Waals surface area contributed by atoms with Crippen molar-refractivity contribution in [2.45, 2.75) is 61.3 Å². The van der Waals surface area contributed by atoms with Crippen molar-refractivity contribution in [2.24, 2.45) is 11.3 Å². The van der Waals surface area contributed by atoms with Gasteiger partial charge in [0.05, 0.1) is 0 Å². The quantitative estimate of drug-likeness (QED) is 0.212. The van der Waals surface area contributed by atoms with Gasteiger partial charge < -0.3 is 14.9 Å². The van der Waals surface area contributed by atoms with Crippen LogP contribution in [0.15, 0.2) is 65.3 Å². The van der Waals surface area contributed by atoms with E-state index in [0.29, 0.717) is 11.3 Å². The zero-order valence-corrected chi connectivity index (χ0v) is 26.1. The molecule has 34 heavy (non-hydrogen) atoms. The van der Waals surface area contributed by atoms with Gasteiger partial charge in [-0.1, -0.05) is 94.5 Å². The standard InChI is InChI=1S/C21H21.C9H13.2CH3.Si.Zr/c1-14-9-16-10-17-12-21(2,3)13-18(17)11-19(16)20(14)15-7-5-4-6-8-15;1-6-5-7(2)9(4)8(6)3;;;;/h4-11H,12-13H2,1-3H3;6H,1-4H3;2*1H3;;/q4*-1;;. The van der Waals surface area contributed by atoms with Gasteiger partial charge in [-0.25, -0.2) is 5.57 Å². The van der Waals surface area contributed by atoms with Crippen molar-refractivity contribution in [2.75, 3.05) is 0 Å². The first-order valence-corrected chi connectivity index (χ1v) is 15.6. The molecule has 0 fully saturated rings. The fraction of sp³-hybridized carbons (Fsp3) is 0.344. The van der Waals surface area contributed by atoms with Gasteiger partial charge in [0.1, 0.15) is 0 Å². The van der Waals surface area contributed by atoms with E-state index in [1.165, 1.54) is 80.4 Å². The first-order chi connectivity index (χ1) is 15.2. The van der Waals surface area contributed by atoms with Crippen LogP contribution in [-0.4, -0.2) is 6.88 Å². The number of rotatable bonds is 1. The molecule has 3 aromatic rings. The van der Waals surface area contributed by atoms with E-state index in [4.69, 9.17) is 0 Å². The minimum absolute atomic E-state index is 0. The van der Waals surface area contributed by atoms with Crippen molar-refractivity contribution in [1.29, 1.82) is 0 Å². The SMILES string of the molecule is CC1=[C-]C(C)C(C)=C1C.Cc1[cH-]c2cc3c(cc2c1-c1ccccc1)CC(C)(C)C3.[CH3-].[CH3-].[Si]=[Zr]. The van der Waals surface area contributed by atoms with Gasteiger partial charge in [0.15, 0.2) is 0 Å². The van der Waals surface area contributed by atoms with E-state index in [1.54, 1.807) is 11.1 Å². The van der Waals surface area contributed by atoms with Gasteiger partial charge in [0.25, 0.3) is 0 Å². The molecule has 0 saturated carbocycles. The van der Waals surface area contributed by atoms with Gasteiger partial charge in [-0.15, -0.1) is 47.0 Å². The van der Waals surface area contributed by atoms with Gasteiger partial charge in [-0.2, -0.15) is 11.1 Å². The second-order valence-corrected chi connectivity index (χ2v) is 10.1. The van der Waals surface area contributed by atoms with Crippen LogP contribution in [0.1, 0.15) is 58.2 Å². The normalized spacial score (nSPS) is 17.4. The summed E-state index contributed by atoms with van der Waals surface area (Å²) < 4.78 is 0. The van der Waals surface area contributed by atoms with Crippen molar-refractivity contribution in [3.63, 3.8) is 0 Å². The molecule has 0 saturated heterocycles. The zero-order chi connectivity index (χ0) is 23.6. The van der Waals surface area contributed by atoms with Crippen LogP contribution in [0.2, 0.25) is 0 Å². The Labute approximate surface area is 226 Å². The molecule has 3 aromatic carbocycles. The van der Waals surface area contributed by atoms with Crippen molar-refractivity contribution >= 4 is 17.7 Å². The zero-order valence-electron chi connectivity index (χ0n) is 22.6. The van der Waals surface area contributed by atoms with E-state index in [2.05, 4.69) is 110 Å². The van der Waals surface area contributed by atoms with E-state index in [1.807, 2.05) is 0 Å². The Bertz CT molecular complexity index is 1170. The van der Waals surface area contributed by atoms with E-state index in [0.717, 1.165) is 0 Å². The summed E-state index contributed by atoms with van der Waals surface area (Å²) in [5, 5.41) is 2.83. The van der Waals surface area contributed by atoms with Crippen LogP contribution in [0, 0.1) is 39.2 Å². The molecular formula is C32H40SiZr-4. The predicted octanol–water partition coefficient (Wildman–Crippen LogP) is 8.90. The summed E-state index contributed by atoms with van der Waals surface area (Å²) >= 11 is 1.36. The fourth-order valence-electron chi connectivity index (χ4n) is 5.13. The number of allylic oxidation sites excluding steroid dienone is 4. The molecule has 2 aliphatic carbocycles. The molecule has 2 aliphatic rings. The third-order valence-corrected chi connectivity index (χ3v) is 7.04. The van der Waals surface area contributed by atoms with Crippen LogP contribution < -0.4 is 0 Å². The summed E-state index contributed by atoms with van der Waals surface area (Å²) in [6.07, 6.45) is 5.78. The maximum absolute atomic E-state index is 3.36. The van der Waals surface area contributed by atoms with E-state index in [9.17, 15) is 0 Å². The second kappa shape index (κ2) is 12.5. The number of fused-ring (bicyclic) bond motifs is 2. The molecule has 2 heteroatoms. The Morgan fingerprint density at radius 1 is 0.941 bits per heavy atom. The Morgan fingerprint density at radius 3 is 1.97 bits per heavy atom. The molecule has 1 unspecified atom stereocenters. The molecule has 0 N–H and O–H groups in total. The summed E-state index contributed by atoms with van der Waals surface area (Å²) in [6, 6.07) is 18.0. The minimum atomic E-state index is 0. The maximum atomic E-state index is 3.36. The molecule has 0 nitrogen and oxygen atoms in total. The number of aryl methyl sites for hydroxylation is 1. The molecule has 0 aromatic heterocycles. The Balaban J connectivity index is 0.000000380. The fourth-order valence-corrected chi connectivity index (χ4v) is 5.13. The molecule has 0 amide bonds. The van der Waals surface area contributed by atoms with Crippen molar-refractivity contribution in [3.8, 4) is 11.1 Å². The first-order valence-electron chi connectivity index (χ1n) is 11.5. The van der Waals surface area contributed by atoms with Crippen LogP contribution in [0.5, 0.6) is 0 Å². The summed E-state index contributed by atoms with van der Waals surface area (Å²) in [4.78, 5) is 0. The van der Waals surface area contributed by atoms with Crippen LogP contribution in [-0.2, 0) is 36.2 Å². The summed E-state index contributed by atoms with van der Waals surface area (Å²) in [6.45, 7) is 18.7. The Kier molecular flexibility index (Phi) is 11.3. The third kappa shape index (κ3) is 6.44. The van der Waals surface area contributed by atoms with E-state index in [-0.39, 0.29) is 14.9 Å². The molecule has 5 rings (SSSR count). The molecule has 0 bridgehead atoms. The summed E-state index contributed by atoms with van der Waals surface area (Å²) in [5.74, 6) is 0.560. The number of hydrogen-bond acceptors (Lipinski definition) is 0. The molecule has 0 heterocycles. The molecule has 180 valence electrons. The molecule has 0 spiro atoms. The van der Waals surface area contributed by atoms with Crippen LogP contribution in [0.25, 0.3) is 21.9 Å². The topological polar surface area (TPSA) is 0 Å². The second-order valence-electron chi connectivity index (χ2n) is 10.1. The first kappa shape index (κ1) is 30.7. The average Bonchev–Trinajstić information content (AvgIpc) is 3.32. The molecule has 2 radical (unpaired) electrons. The molecular weight excluding hydrogens is 504 g/mol. The van der Waals surface area contributed by atoms with Crippen molar-refractivity contribution in [3.05, 3.63) is 103 Å². The van der Waals surface area contributed by atoms with Gasteiger partial charge >= 0.3 is 30.2 Å². The molecule has 0 aliphatic heterocycles. The van der Waals surface area contributed by atoms with E-state index >= 15 is 0 Å².